The van der Waals surface area contributed by atoms with E-state index in [4.69, 9.17) is 9.47 Å². The van der Waals surface area contributed by atoms with Crippen LogP contribution >= 0.6 is 0 Å². The fraction of sp³-hybridized carbons (Fsp3) is 0.483. The Labute approximate surface area is 217 Å². The molecule has 0 spiro atoms. The first kappa shape index (κ1) is 25.1. The molecule has 196 valence electrons. The summed E-state index contributed by atoms with van der Waals surface area (Å²) >= 11 is 0. The van der Waals surface area contributed by atoms with E-state index in [1.807, 2.05) is 38.1 Å². The molecule has 37 heavy (non-hydrogen) atoms. The molecular formula is C29H36N4O4. The fourth-order valence-electron chi connectivity index (χ4n) is 5.14. The van der Waals surface area contributed by atoms with Gasteiger partial charge in [-0.2, -0.15) is 0 Å². The lowest BCUT2D eigenvalue weighted by Gasteiger charge is -2.29. The highest BCUT2D eigenvalue weighted by atomic mass is 16.5. The van der Waals surface area contributed by atoms with Crippen LogP contribution in [0.2, 0.25) is 0 Å². The molecule has 2 amide bonds. The average molecular weight is 505 g/mol. The third-order valence-corrected chi connectivity index (χ3v) is 7.50. The first-order chi connectivity index (χ1) is 18.0. The van der Waals surface area contributed by atoms with E-state index in [1.54, 1.807) is 13.3 Å². The fourth-order valence-corrected chi connectivity index (χ4v) is 5.14. The number of carbonyl (C=O) groups excluding carboxylic acids is 2. The van der Waals surface area contributed by atoms with Gasteiger partial charge in [-0.25, -0.2) is 0 Å². The number of aromatic amines is 1. The highest BCUT2D eigenvalue weighted by molar-refractivity contribution is 6.09. The van der Waals surface area contributed by atoms with Gasteiger partial charge in [-0.3, -0.25) is 14.6 Å². The van der Waals surface area contributed by atoms with Crippen molar-refractivity contribution in [3.8, 4) is 22.6 Å². The molecule has 2 fully saturated rings. The smallest absolute Gasteiger partial charge is 0.255 e. The van der Waals surface area contributed by atoms with E-state index in [-0.39, 0.29) is 23.9 Å². The Kier molecular flexibility index (Phi) is 7.35. The van der Waals surface area contributed by atoms with Crippen molar-refractivity contribution in [2.45, 2.75) is 70.9 Å². The molecule has 2 aliphatic carbocycles. The summed E-state index contributed by atoms with van der Waals surface area (Å²) in [6, 6.07) is 8.05. The van der Waals surface area contributed by atoms with Crippen LogP contribution in [0.5, 0.6) is 11.5 Å². The Morgan fingerprint density at radius 3 is 2.43 bits per heavy atom. The summed E-state index contributed by atoms with van der Waals surface area (Å²) in [6.45, 7) is 4.48. The zero-order chi connectivity index (χ0) is 25.9. The number of nitrogens with one attached hydrogen (secondary N) is 3. The second kappa shape index (κ2) is 10.8. The van der Waals surface area contributed by atoms with Crippen molar-refractivity contribution in [3.05, 3.63) is 41.7 Å². The van der Waals surface area contributed by atoms with Crippen molar-refractivity contribution in [1.29, 1.82) is 0 Å². The number of fused-ring (bicyclic) bond motifs is 1. The van der Waals surface area contributed by atoms with E-state index >= 15 is 0 Å². The number of methoxy groups -OCH3 is 1. The SMILES string of the molecule is CCC(=O)NC1CCC(NC(=O)c2c(C)[nH]c3c(-c4cc(OC)ccc4OCC4CC4)ccnc23)CC1. The lowest BCUT2D eigenvalue weighted by Crippen LogP contribution is -2.43. The second-order valence-corrected chi connectivity index (χ2v) is 10.3. The van der Waals surface area contributed by atoms with Crippen molar-refractivity contribution >= 4 is 22.8 Å². The molecular weight excluding hydrogens is 468 g/mol. The maximum absolute atomic E-state index is 13.4. The monoisotopic (exact) mass is 504 g/mol. The Morgan fingerprint density at radius 2 is 1.76 bits per heavy atom. The second-order valence-electron chi connectivity index (χ2n) is 10.3. The van der Waals surface area contributed by atoms with Crippen LogP contribution in [0, 0.1) is 12.8 Å². The van der Waals surface area contributed by atoms with E-state index in [1.165, 1.54) is 12.8 Å². The standard InChI is InChI=1S/C29H36N4O4/c1-4-25(34)32-19-7-9-20(10-8-19)33-29(35)26-17(2)31-27-22(13-14-30-28(26)27)23-15-21(36-3)11-12-24(23)37-16-18-5-6-18/h11-15,18-20,31H,4-10,16H2,1-3H3,(H,32,34)(H,33,35). The molecule has 1 aromatic carbocycles. The molecule has 2 aromatic heterocycles. The number of hydrogen-bond donors (Lipinski definition) is 3. The predicted molar refractivity (Wildman–Crippen MR) is 143 cm³/mol. The molecule has 0 bridgehead atoms. The van der Waals surface area contributed by atoms with E-state index in [0.29, 0.717) is 30.0 Å². The molecule has 0 unspecified atom stereocenters. The Hall–Kier alpha value is -3.55. The molecule has 3 N–H and O–H groups in total. The molecule has 2 heterocycles. The summed E-state index contributed by atoms with van der Waals surface area (Å²) < 4.78 is 11.7. The number of nitrogens with zero attached hydrogens (tertiary/aromatic N) is 1. The summed E-state index contributed by atoms with van der Waals surface area (Å²) in [5.41, 5.74) is 4.63. The van der Waals surface area contributed by atoms with Gasteiger partial charge in [0.15, 0.2) is 0 Å². The molecule has 3 aromatic rings. The molecule has 5 rings (SSSR count). The molecule has 0 saturated heterocycles. The zero-order valence-electron chi connectivity index (χ0n) is 21.9. The number of pyridine rings is 1. The lowest BCUT2D eigenvalue weighted by atomic mass is 9.91. The third kappa shape index (κ3) is 5.58. The molecule has 8 nitrogen and oxygen atoms in total. The van der Waals surface area contributed by atoms with Gasteiger partial charge in [-0.1, -0.05) is 6.92 Å². The number of ether oxygens (including phenoxy) is 2. The lowest BCUT2D eigenvalue weighted by molar-refractivity contribution is -0.121. The average Bonchev–Trinajstić information content (AvgIpc) is 3.67. The van der Waals surface area contributed by atoms with Crippen LogP contribution in [-0.4, -0.2) is 47.6 Å². The van der Waals surface area contributed by atoms with Crippen molar-refractivity contribution in [1.82, 2.24) is 20.6 Å². The highest BCUT2D eigenvalue weighted by Gasteiger charge is 2.27. The molecule has 2 aliphatic rings. The van der Waals surface area contributed by atoms with Crippen LogP contribution in [0.25, 0.3) is 22.2 Å². The third-order valence-electron chi connectivity index (χ3n) is 7.50. The number of amides is 2. The number of aromatic nitrogens is 2. The maximum atomic E-state index is 13.4. The van der Waals surface area contributed by atoms with E-state index in [0.717, 1.165) is 59.5 Å². The summed E-state index contributed by atoms with van der Waals surface area (Å²) in [5.74, 6) is 2.13. The van der Waals surface area contributed by atoms with Gasteiger partial charge in [-0.15, -0.1) is 0 Å². The van der Waals surface area contributed by atoms with Gasteiger partial charge in [0, 0.05) is 41.5 Å². The Bertz CT molecular complexity index is 1290. The summed E-state index contributed by atoms with van der Waals surface area (Å²) in [7, 11) is 1.65. The first-order valence-corrected chi connectivity index (χ1v) is 13.4. The van der Waals surface area contributed by atoms with Crippen molar-refractivity contribution in [2.75, 3.05) is 13.7 Å². The number of carbonyl (C=O) groups is 2. The minimum absolute atomic E-state index is 0.0793. The van der Waals surface area contributed by atoms with Gasteiger partial charge in [0.1, 0.15) is 17.0 Å². The van der Waals surface area contributed by atoms with Gasteiger partial charge in [0.25, 0.3) is 5.91 Å². The van der Waals surface area contributed by atoms with Crippen LogP contribution in [0.3, 0.4) is 0 Å². The van der Waals surface area contributed by atoms with Crippen LogP contribution in [-0.2, 0) is 4.79 Å². The minimum Gasteiger partial charge on any atom is -0.497 e. The molecule has 0 aliphatic heterocycles. The first-order valence-electron chi connectivity index (χ1n) is 13.4. The Morgan fingerprint density at radius 1 is 1.03 bits per heavy atom. The largest absolute Gasteiger partial charge is 0.497 e. The van der Waals surface area contributed by atoms with Gasteiger partial charge in [0.2, 0.25) is 5.91 Å². The van der Waals surface area contributed by atoms with Crippen LogP contribution < -0.4 is 20.1 Å². The summed E-state index contributed by atoms with van der Waals surface area (Å²) in [5, 5.41) is 6.28. The molecule has 8 heteroatoms. The normalized spacial score (nSPS) is 19.4. The maximum Gasteiger partial charge on any atom is 0.255 e. The molecule has 0 atom stereocenters. The Balaban J connectivity index is 1.38. The van der Waals surface area contributed by atoms with E-state index < -0.39 is 0 Å². The van der Waals surface area contributed by atoms with Gasteiger partial charge < -0.3 is 25.1 Å². The van der Waals surface area contributed by atoms with Crippen LogP contribution in [0.15, 0.2) is 30.5 Å². The number of H-pyrrole nitrogens is 1. The number of benzene rings is 1. The number of aryl methyl sites for hydroxylation is 1. The van der Waals surface area contributed by atoms with Gasteiger partial charge in [-0.05, 0) is 75.6 Å². The molecule has 2 saturated carbocycles. The van der Waals surface area contributed by atoms with Crippen molar-refractivity contribution in [2.24, 2.45) is 5.92 Å². The van der Waals surface area contributed by atoms with Crippen molar-refractivity contribution < 1.29 is 19.1 Å². The number of rotatable bonds is 9. The number of hydrogen-bond acceptors (Lipinski definition) is 5. The quantitative estimate of drug-likeness (QED) is 0.384. The van der Waals surface area contributed by atoms with Crippen LogP contribution in [0.4, 0.5) is 0 Å². The minimum atomic E-state index is -0.120. The van der Waals surface area contributed by atoms with E-state index in [2.05, 4.69) is 20.6 Å². The highest BCUT2D eigenvalue weighted by Crippen LogP contribution is 2.39. The predicted octanol–water partition coefficient (Wildman–Crippen LogP) is 4.90. The van der Waals surface area contributed by atoms with E-state index in [9.17, 15) is 9.59 Å². The van der Waals surface area contributed by atoms with Crippen LogP contribution in [0.1, 0.15) is 67.9 Å². The zero-order valence-corrected chi connectivity index (χ0v) is 21.9. The summed E-state index contributed by atoms with van der Waals surface area (Å²) in [6.07, 6.45) is 8.08. The van der Waals surface area contributed by atoms with Gasteiger partial charge >= 0.3 is 0 Å². The topological polar surface area (TPSA) is 105 Å². The van der Waals surface area contributed by atoms with Gasteiger partial charge in [0.05, 0.1) is 24.8 Å². The van der Waals surface area contributed by atoms with Crippen molar-refractivity contribution in [3.63, 3.8) is 0 Å². The summed E-state index contributed by atoms with van der Waals surface area (Å²) in [4.78, 5) is 33.2. The molecule has 0 radical (unpaired) electrons.